The van der Waals surface area contributed by atoms with E-state index in [1.807, 2.05) is 0 Å². The third kappa shape index (κ3) is 6.56. The van der Waals surface area contributed by atoms with E-state index >= 15 is 0 Å². The SMILES string of the molecule is CCOC(=O)NC(=O)c1c(NC(=O)c2ccc(S(=O)(=O)N(C)C3CCCCC3)cc2)sc2c1CCN(C(C)C)C2. The monoisotopic (exact) mass is 590 g/mol. The van der Waals surface area contributed by atoms with E-state index in [0.717, 1.165) is 49.1 Å². The van der Waals surface area contributed by atoms with Gasteiger partial charge >= 0.3 is 6.09 Å². The quantitative estimate of drug-likeness (QED) is 0.460. The van der Waals surface area contributed by atoms with Crippen molar-refractivity contribution in [1.82, 2.24) is 14.5 Å². The molecule has 2 N–H and O–H groups in total. The van der Waals surface area contributed by atoms with Gasteiger partial charge < -0.3 is 10.1 Å². The predicted octanol–water partition coefficient (Wildman–Crippen LogP) is 4.61. The molecule has 1 aromatic carbocycles. The number of carbonyl (C=O) groups excluding carboxylic acids is 3. The van der Waals surface area contributed by atoms with Crippen LogP contribution in [-0.2, 0) is 27.7 Å². The highest BCUT2D eigenvalue weighted by molar-refractivity contribution is 7.89. The Kier molecular flexibility index (Phi) is 9.65. The molecule has 218 valence electrons. The van der Waals surface area contributed by atoms with Crippen LogP contribution in [-0.4, -0.2) is 67.8 Å². The van der Waals surface area contributed by atoms with Gasteiger partial charge in [-0.2, -0.15) is 4.31 Å². The van der Waals surface area contributed by atoms with Crippen molar-refractivity contribution >= 4 is 44.3 Å². The minimum Gasteiger partial charge on any atom is -0.450 e. The number of hydrogen-bond donors (Lipinski definition) is 2. The minimum atomic E-state index is -3.69. The maximum atomic E-state index is 13.2. The van der Waals surface area contributed by atoms with E-state index in [9.17, 15) is 22.8 Å². The van der Waals surface area contributed by atoms with Gasteiger partial charge in [0.2, 0.25) is 10.0 Å². The molecule has 12 heteroatoms. The second kappa shape index (κ2) is 12.8. The number of anilines is 1. The number of nitrogens with zero attached hydrogens (tertiary/aromatic N) is 2. The lowest BCUT2D eigenvalue weighted by atomic mass is 9.96. The fourth-order valence-corrected chi connectivity index (χ4v) is 7.96. The molecular formula is C28H38N4O6S2. The van der Waals surface area contributed by atoms with E-state index in [1.54, 1.807) is 14.0 Å². The lowest BCUT2D eigenvalue weighted by Crippen LogP contribution is -2.38. The number of benzene rings is 1. The van der Waals surface area contributed by atoms with Crippen LogP contribution in [0.15, 0.2) is 29.2 Å². The van der Waals surface area contributed by atoms with Gasteiger partial charge in [-0.05, 0) is 69.9 Å². The van der Waals surface area contributed by atoms with Crippen molar-refractivity contribution in [2.24, 2.45) is 0 Å². The summed E-state index contributed by atoms with van der Waals surface area (Å²) in [6, 6.07) is 6.14. The summed E-state index contributed by atoms with van der Waals surface area (Å²) >= 11 is 1.31. The van der Waals surface area contributed by atoms with Crippen molar-refractivity contribution in [2.75, 3.05) is 25.5 Å². The molecule has 0 bridgehead atoms. The molecule has 1 aromatic heterocycles. The van der Waals surface area contributed by atoms with Gasteiger partial charge in [0, 0.05) is 42.7 Å². The molecule has 1 saturated carbocycles. The Balaban J connectivity index is 1.56. The lowest BCUT2D eigenvalue weighted by Gasteiger charge is -2.30. The fraction of sp³-hybridized carbons (Fsp3) is 0.536. The van der Waals surface area contributed by atoms with Gasteiger partial charge in [-0.15, -0.1) is 11.3 Å². The maximum absolute atomic E-state index is 13.2. The number of alkyl carbamates (subject to hydrolysis) is 1. The van der Waals surface area contributed by atoms with Crippen molar-refractivity contribution in [1.29, 1.82) is 0 Å². The summed E-state index contributed by atoms with van der Waals surface area (Å²) in [5, 5.41) is 5.43. The third-order valence-electron chi connectivity index (χ3n) is 7.64. The van der Waals surface area contributed by atoms with Gasteiger partial charge in [-0.3, -0.25) is 19.8 Å². The molecule has 40 heavy (non-hydrogen) atoms. The molecule has 0 unspecified atom stereocenters. The third-order valence-corrected chi connectivity index (χ3v) is 10.7. The van der Waals surface area contributed by atoms with Crippen LogP contribution in [0.4, 0.5) is 9.80 Å². The van der Waals surface area contributed by atoms with Crippen molar-refractivity contribution in [3.63, 3.8) is 0 Å². The number of hydrogen-bond acceptors (Lipinski definition) is 8. The first-order valence-electron chi connectivity index (χ1n) is 13.8. The number of rotatable bonds is 8. The summed E-state index contributed by atoms with van der Waals surface area (Å²) < 4.78 is 32.7. The highest BCUT2D eigenvalue weighted by Gasteiger charge is 2.31. The summed E-state index contributed by atoms with van der Waals surface area (Å²) in [5.41, 5.74) is 1.33. The molecule has 0 atom stereocenters. The molecule has 1 fully saturated rings. The Morgan fingerprint density at radius 1 is 1.10 bits per heavy atom. The van der Waals surface area contributed by atoms with Crippen molar-refractivity contribution < 1.29 is 27.5 Å². The number of ether oxygens (including phenoxy) is 1. The van der Waals surface area contributed by atoms with Crippen LogP contribution in [0.2, 0.25) is 0 Å². The van der Waals surface area contributed by atoms with Gasteiger partial charge in [-0.25, -0.2) is 13.2 Å². The second-order valence-corrected chi connectivity index (χ2v) is 13.6. The number of nitrogens with one attached hydrogen (secondary N) is 2. The van der Waals surface area contributed by atoms with Gasteiger partial charge in [0.25, 0.3) is 11.8 Å². The zero-order valence-electron chi connectivity index (χ0n) is 23.5. The van der Waals surface area contributed by atoms with Crippen molar-refractivity contribution in [3.8, 4) is 0 Å². The Morgan fingerprint density at radius 3 is 2.40 bits per heavy atom. The molecule has 0 spiro atoms. The van der Waals surface area contributed by atoms with Gasteiger partial charge in [0.05, 0.1) is 17.1 Å². The molecule has 2 aliphatic rings. The molecule has 1 aliphatic carbocycles. The molecule has 0 radical (unpaired) electrons. The summed E-state index contributed by atoms with van der Waals surface area (Å²) in [7, 11) is -2.07. The first kappa shape index (κ1) is 30.2. The summed E-state index contributed by atoms with van der Waals surface area (Å²) in [5.74, 6) is -1.11. The average Bonchev–Trinajstić information content (AvgIpc) is 3.30. The number of thiophene rings is 1. The maximum Gasteiger partial charge on any atom is 0.414 e. The Labute approximate surface area is 240 Å². The summed E-state index contributed by atoms with van der Waals surface area (Å²) in [6.07, 6.45) is 4.62. The standard InChI is InChI=1S/C28H38N4O6S2/c1-5-38-28(35)30-26(34)24-22-15-16-32(18(2)3)17-23(22)39-27(24)29-25(33)19-11-13-21(14-12-19)40(36,37)31(4)20-9-7-6-8-10-20/h11-14,18,20H,5-10,15-17H2,1-4H3,(H,29,33)(H,30,34,35). The first-order valence-corrected chi connectivity index (χ1v) is 16.0. The van der Waals surface area contributed by atoms with E-state index in [1.165, 1.54) is 39.9 Å². The molecule has 4 rings (SSSR count). The first-order chi connectivity index (χ1) is 19.0. The number of imide groups is 1. The molecule has 1 aliphatic heterocycles. The predicted molar refractivity (Wildman–Crippen MR) is 154 cm³/mol. The Bertz CT molecular complexity index is 1350. The van der Waals surface area contributed by atoms with Crippen molar-refractivity contribution in [2.45, 2.75) is 82.8 Å². The van der Waals surface area contributed by atoms with Crippen LogP contribution in [0.5, 0.6) is 0 Å². The van der Waals surface area contributed by atoms with Crippen LogP contribution < -0.4 is 10.6 Å². The van der Waals surface area contributed by atoms with E-state index in [4.69, 9.17) is 4.74 Å². The van der Waals surface area contributed by atoms with Gasteiger partial charge in [0.15, 0.2) is 0 Å². The molecule has 10 nitrogen and oxygen atoms in total. The van der Waals surface area contributed by atoms with Crippen LogP contribution in [0.1, 0.15) is 84.0 Å². The Hall–Kier alpha value is -2.80. The smallest absolute Gasteiger partial charge is 0.414 e. The number of sulfonamides is 1. The molecule has 3 amide bonds. The number of carbonyl (C=O) groups is 3. The highest BCUT2D eigenvalue weighted by Crippen LogP contribution is 2.38. The minimum absolute atomic E-state index is 0.0163. The zero-order valence-corrected chi connectivity index (χ0v) is 25.1. The Morgan fingerprint density at radius 2 is 1.77 bits per heavy atom. The molecular weight excluding hydrogens is 552 g/mol. The number of amides is 3. The largest absolute Gasteiger partial charge is 0.450 e. The van der Waals surface area contributed by atoms with Crippen molar-refractivity contribution in [3.05, 3.63) is 45.8 Å². The summed E-state index contributed by atoms with van der Waals surface area (Å²) in [4.78, 5) is 41.7. The van der Waals surface area contributed by atoms with E-state index in [2.05, 4.69) is 29.4 Å². The lowest BCUT2D eigenvalue weighted by molar-refractivity contribution is 0.0924. The van der Waals surface area contributed by atoms with Crippen LogP contribution >= 0.6 is 11.3 Å². The van der Waals surface area contributed by atoms with E-state index in [0.29, 0.717) is 24.0 Å². The number of fused-ring (bicyclic) bond motifs is 1. The van der Waals surface area contributed by atoms with Crippen LogP contribution in [0.3, 0.4) is 0 Å². The van der Waals surface area contributed by atoms with Gasteiger partial charge in [-0.1, -0.05) is 19.3 Å². The van der Waals surface area contributed by atoms with Crippen LogP contribution in [0.25, 0.3) is 0 Å². The topological polar surface area (TPSA) is 125 Å². The second-order valence-electron chi connectivity index (χ2n) is 10.5. The molecule has 2 aromatic rings. The van der Waals surface area contributed by atoms with Crippen LogP contribution in [0, 0.1) is 0 Å². The average molecular weight is 591 g/mol. The fourth-order valence-electron chi connectivity index (χ4n) is 5.28. The van der Waals surface area contributed by atoms with E-state index < -0.39 is 27.9 Å². The highest BCUT2D eigenvalue weighted by atomic mass is 32.2. The molecule has 2 heterocycles. The summed E-state index contributed by atoms with van der Waals surface area (Å²) in [6.45, 7) is 7.36. The molecule has 0 saturated heterocycles. The normalized spacial score (nSPS) is 16.6. The van der Waals surface area contributed by atoms with Gasteiger partial charge in [0.1, 0.15) is 5.00 Å². The zero-order chi connectivity index (χ0) is 29.0. The van der Waals surface area contributed by atoms with E-state index in [-0.39, 0.29) is 28.7 Å².